The van der Waals surface area contributed by atoms with Gasteiger partial charge in [0, 0.05) is 0 Å². The van der Waals surface area contributed by atoms with Crippen molar-refractivity contribution < 1.29 is 0 Å². The molecular weight excluding hydrogens is 252 g/mol. The maximum atomic E-state index is 2.37. The topological polar surface area (TPSA) is 0 Å². The summed E-state index contributed by atoms with van der Waals surface area (Å²) in [6, 6.07) is 21.9. The maximum absolute atomic E-state index is 2.37. The molecular formula is C21H14. The summed E-state index contributed by atoms with van der Waals surface area (Å²) in [4.78, 5) is 0. The van der Waals surface area contributed by atoms with Crippen LogP contribution < -0.4 is 10.4 Å². The van der Waals surface area contributed by atoms with Crippen molar-refractivity contribution in [3.63, 3.8) is 0 Å². The first-order valence-corrected chi connectivity index (χ1v) is 7.43. The van der Waals surface area contributed by atoms with Crippen molar-refractivity contribution in [3.8, 4) is 0 Å². The average Bonchev–Trinajstić information content (AvgIpc) is 2.90. The molecule has 2 aliphatic carbocycles. The number of allylic oxidation sites excluding steroid dienone is 1. The first kappa shape index (κ1) is 11.1. The normalized spacial score (nSPS) is 15.0. The number of fused-ring (bicyclic) bond motifs is 5. The first-order chi connectivity index (χ1) is 10.4. The Morgan fingerprint density at radius 2 is 1.57 bits per heavy atom. The van der Waals surface area contributed by atoms with Gasteiger partial charge in [0.05, 0.1) is 0 Å². The minimum atomic E-state index is 1.04. The molecule has 2 aliphatic rings. The van der Waals surface area contributed by atoms with Crippen LogP contribution in [0.5, 0.6) is 0 Å². The van der Waals surface area contributed by atoms with E-state index in [9.17, 15) is 0 Å². The summed E-state index contributed by atoms with van der Waals surface area (Å²) < 4.78 is 0. The summed E-state index contributed by atoms with van der Waals surface area (Å²) in [6.45, 7) is 0. The highest BCUT2D eigenvalue weighted by Gasteiger charge is 2.19. The van der Waals surface area contributed by atoms with Crippen LogP contribution in [0.4, 0.5) is 0 Å². The van der Waals surface area contributed by atoms with Crippen molar-refractivity contribution in [2.75, 3.05) is 0 Å². The van der Waals surface area contributed by atoms with E-state index in [-0.39, 0.29) is 0 Å². The third-order valence-electron chi connectivity index (χ3n) is 4.67. The molecule has 0 unspecified atom stereocenters. The van der Waals surface area contributed by atoms with E-state index in [1.54, 1.807) is 0 Å². The van der Waals surface area contributed by atoms with E-state index in [2.05, 4.69) is 72.8 Å². The third kappa shape index (κ3) is 1.50. The molecule has 0 N–H and O–H groups in total. The lowest BCUT2D eigenvalue weighted by atomic mass is 9.86. The van der Waals surface area contributed by atoms with Crippen molar-refractivity contribution in [2.45, 2.75) is 6.42 Å². The molecule has 3 aromatic rings. The van der Waals surface area contributed by atoms with Gasteiger partial charge < -0.3 is 0 Å². The van der Waals surface area contributed by atoms with Gasteiger partial charge in [-0.2, -0.15) is 0 Å². The van der Waals surface area contributed by atoms with Gasteiger partial charge in [0.1, 0.15) is 0 Å². The van der Waals surface area contributed by atoms with Gasteiger partial charge in [-0.15, -0.1) is 0 Å². The standard InChI is InChI=1S/C21H14/c1-3-7-18-14(5-1)9-10-16-12-21-17(13-20(16)18)11-15-6-2-4-8-19(15)21/h1-11,13H,12H2. The van der Waals surface area contributed by atoms with E-state index in [0.29, 0.717) is 0 Å². The minimum absolute atomic E-state index is 1.04. The molecule has 0 spiro atoms. The minimum Gasteiger partial charge on any atom is -0.0616 e. The molecule has 0 aromatic heterocycles. The van der Waals surface area contributed by atoms with Gasteiger partial charge in [-0.25, -0.2) is 0 Å². The summed E-state index contributed by atoms with van der Waals surface area (Å²) >= 11 is 0. The fraction of sp³-hybridized carbons (Fsp3) is 0.0476. The van der Waals surface area contributed by atoms with Crippen molar-refractivity contribution >= 4 is 28.5 Å². The molecule has 98 valence electrons. The summed E-state index contributed by atoms with van der Waals surface area (Å²) in [7, 11) is 0. The smallest absolute Gasteiger partial charge is 0.000749 e. The van der Waals surface area contributed by atoms with Crippen LogP contribution in [0.3, 0.4) is 0 Å². The van der Waals surface area contributed by atoms with Gasteiger partial charge in [0.2, 0.25) is 0 Å². The van der Waals surface area contributed by atoms with Crippen molar-refractivity contribution in [1.29, 1.82) is 0 Å². The molecule has 0 bridgehead atoms. The first-order valence-electron chi connectivity index (χ1n) is 7.43. The summed E-state index contributed by atoms with van der Waals surface area (Å²) in [5.74, 6) is 0. The maximum Gasteiger partial charge on any atom is -0.000749 e. The van der Waals surface area contributed by atoms with Crippen LogP contribution in [-0.2, 0) is 6.42 Å². The molecule has 0 fully saturated rings. The Kier molecular flexibility index (Phi) is 2.09. The molecule has 3 aromatic carbocycles. The molecule has 0 saturated carbocycles. The van der Waals surface area contributed by atoms with Gasteiger partial charge in [-0.05, 0) is 62.1 Å². The van der Waals surface area contributed by atoms with E-state index in [1.165, 1.54) is 43.5 Å². The molecule has 0 saturated heterocycles. The highest BCUT2D eigenvalue weighted by Crippen LogP contribution is 2.34. The summed E-state index contributed by atoms with van der Waals surface area (Å²) in [5, 5.41) is 5.45. The monoisotopic (exact) mass is 266 g/mol. The molecule has 0 aliphatic heterocycles. The van der Waals surface area contributed by atoms with Gasteiger partial charge in [0.25, 0.3) is 0 Å². The van der Waals surface area contributed by atoms with Gasteiger partial charge >= 0.3 is 0 Å². The summed E-state index contributed by atoms with van der Waals surface area (Å²) in [5.41, 5.74) is 5.71. The SMILES string of the molecule is C1=C2C=c3ccccc3=C2Cc2ccc3ccccc3c21. The fourth-order valence-corrected chi connectivity index (χ4v) is 3.65. The van der Waals surface area contributed by atoms with Gasteiger partial charge in [-0.1, -0.05) is 60.7 Å². The van der Waals surface area contributed by atoms with E-state index in [4.69, 9.17) is 0 Å². The molecule has 21 heavy (non-hydrogen) atoms. The van der Waals surface area contributed by atoms with Crippen LogP contribution >= 0.6 is 0 Å². The van der Waals surface area contributed by atoms with E-state index in [1.807, 2.05) is 0 Å². The lowest BCUT2D eigenvalue weighted by molar-refractivity contribution is 1.26. The lowest BCUT2D eigenvalue weighted by Crippen LogP contribution is -2.22. The Bertz CT molecular complexity index is 1050. The van der Waals surface area contributed by atoms with Crippen LogP contribution in [0.25, 0.3) is 28.5 Å². The second-order valence-corrected chi connectivity index (χ2v) is 5.85. The van der Waals surface area contributed by atoms with Crippen LogP contribution in [0.2, 0.25) is 0 Å². The Morgan fingerprint density at radius 1 is 0.714 bits per heavy atom. The Hall–Kier alpha value is -2.60. The molecule has 0 heterocycles. The van der Waals surface area contributed by atoms with Gasteiger partial charge in [0.15, 0.2) is 0 Å². The van der Waals surface area contributed by atoms with Crippen LogP contribution in [-0.4, -0.2) is 0 Å². The van der Waals surface area contributed by atoms with Crippen LogP contribution in [0.1, 0.15) is 11.1 Å². The third-order valence-corrected chi connectivity index (χ3v) is 4.67. The molecule has 0 nitrogen and oxygen atoms in total. The highest BCUT2D eigenvalue weighted by atomic mass is 14.2. The van der Waals surface area contributed by atoms with Crippen molar-refractivity contribution in [2.24, 2.45) is 0 Å². The average molecular weight is 266 g/mol. The van der Waals surface area contributed by atoms with E-state index >= 15 is 0 Å². The van der Waals surface area contributed by atoms with E-state index in [0.717, 1.165) is 6.42 Å². The predicted octanol–water partition coefficient (Wildman–Crippen LogP) is 3.42. The molecule has 0 radical (unpaired) electrons. The second-order valence-electron chi connectivity index (χ2n) is 5.85. The fourth-order valence-electron chi connectivity index (χ4n) is 3.65. The zero-order valence-electron chi connectivity index (χ0n) is 11.6. The zero-order chi connectivity index (χ0) is 13.8. The molecule has 5 rings (SSSR count). The largest absolute Gasteiger partial charge is 0.0616 e. The molecule has 0 atom stereocenters. The van der Waals surface area contributed by atoms with Gasteiger partial charge in [-0.3, -0.25) is 0 Å². The van der Waals surface area contributed by atoms with Crippen LogP contribution in [0.15, 0.2) is 66.2 Å². The van der Waals surface area contributed by atoms with E-state index < -0.39 is 0 Å². The van der Waals surface area contributed by atoms with Crippen LogP contribution in [0, 0.1) is 0 Å². The Balaban J connectivity index is 1.87. The highest BCUT2D eigenvalue weighted by molar-refractivity contribution is 6.00. The zero-order valence-corrected chi connectivity index (χ0v) is 11.6. The number of hydrogen-bond donors (Lipinski definition) is 0. The molecule has 0 heteroatoms. The predicted molar refractivity (Wildman–Crippen MR) is 89.2 cm³/mol. The Morgan fingerprint density at radius 3 is 2.57 bits per heavy atom. The number of rotatable bonds is 0. The van der Waals surface area contributed by atoms with Crippen molar-refractivity contribution in [3.05, 3.63) is 87.8 Å². The quantitative estimate of drug-likeness (QED) is 0.585. The Labute approximate surface area is 123 Å². The second kappa shape index (κ2) is 3.95. The molecule has 0 amide bonds. The lowest BCUT2D eigenvalue weighted by Gasteiger charge is -2.18. The number of benzene rings is 3. The summed E-state index contributed by atoms with van der Waals surface area (Å²) in [6.07, 6.45) is 5.74. The van der Waals surface area contributed by atoms with Crippen molar-refractivity contribution in [1.82, 2.24) is 0 Å². The number of hydrogen-bond acceptors (Lipinski definition) is 0.